The van der Waals surface area contributed by atoms with E-state index in [9.17, 15) is 4.79 Å². The predicted octanol–water partition coefficient (Wildman–Crippen LogP) is 3.26. The minimum Gasteiger partial charge on any atom is -0.367 e. The van der Waals surface area contributed by atoms with Crippen molar-refractivity contribution in [3.05, 3.63) is 11.6 Å². The highest BCUT2D eigenvalue weighted by Gasteiger charge is 2.46. The molecule has 1 atom stereocenters. The molecular formula is C13H22O2. The molecule has 0 spiro atoms. The lowest BCUT2D eigenvalue weighted by atomic mass is 10.0. The first-order valence-corrected chi connectivity index (χ1v) is 5.74. The molecule has 1 unspecified atom stereocenters. The molecule has 0 aromatic heterocycles. The van der Waals surface area contributed by atoms with Crippen LogP contribution in [-0.4, -0.2) is 17.5 Å². The zero-order valence-corrected chi connectivity index (χ0v) is 10.3. The fraction of sp³-hybridized carbons (Fsp3) is 0.769. The lowest BCUT2D eigenvalue weighted by Gasteiger charge is -2.00. The molecule has 1 saturated heterocycles. The van der Waals surface area contributed by atoms with Crippen molar-refractivity contribution >= 4 is 5.78 Å². The Bertz CT molecular complexity index is 264. The van der Waals surface area contributed by atoms with Gasteiger partial charge < -0.3 is 9.53 Å². The molecule has 86 valence electrons. The van der Waals surface area contributed by atoms with E-state index in [-0.39, 0.29) is 11.4 Å². The third kappa shape index (κ3) is 4.61. The van der Waals surface area contributed by atoms with Crippen LogP contribution in [0.1, 0.15) is 53.4 Å². The van der Waals surface area contributed by atoms with Crippen LogP contribution in [0, 0.1) is 0 Å². The van der Waals surface area contributed by atoms with Gasteiger partial charge in [-0.15, -0.1) is 0 Å². The zero-order chi connectivity index (χ0) is 11.5. The number of ketones is 1. The molecule has 0 saturated carbocycles. The van der Waals surface area contributed by atoms with Gasteiger partial charge in [0, 0.05) is 6.42 Å². The Balaban J connectivity index is 2.13. The van der Waals surface area contributed by atoms with Crippen molar-refractivity contribution in [1.29, 1.82) is 0 Å². The SMILES string of the molecule is CC(=O)CCC=C(C)CCC1OC1(C)C. The van der Waals surface area contributed by atoms with Crippen LogP contribution >= 0.6 is 0 Å². The number of hydrogen-bond acceptors (Lipinski definition) is 2. The third-order valence-corrected chi connectivity index (χ3v) is 2.95. The number of hydrogen-bond donors (Lipinski definition) is 0. The summed E-state index contributed by atoms with van der Waals surface area (Å²) in [6, 6.07) is 0. The predicted molar refractivity (Wildman–Crippen MR) is 61.9 cm³/mol. The standard InChI is InChI=1S/C13H22O2/c1-10(6-5-7-11(2)14)8-9-12-13(3,4)15-12/h6,12H,5,7-9H2,1-4H3. The Kier molecular flexibility index (Phi) is 4.09. The minimum atomic E-state index is 0.111. The largest absolute Gasteiger partial charge is 0.367 e. The Morgan fingerprint density at radius 1 is 1.33 bits per heavy atom. The highest BCUT2D eigenvalue weighted by Crippen LogP contribution is 2.38. The molecule has 0 aromatic carbocycles. The van der Waals surface area contributed by atoms with Crippen LogP contribution in [0.25, 0.3) is 0 Å². The van der Waals surface area contributed by atoms with Gasteiger partial charge in [-0.05, 0) is 47.0 Å². The van der Waals surface area contributed by atoms with Gasteiger partial charge >= 0.3 is 0 Å². The molecule has 1 heterocycles. The molecule has 15 heavy (non-hydrogen) atoms. The van der Waals surface area contributed by atoms with Crippen molar-refractivity contribution < 1.29 is 9.53 Å². The quantitative estimate of drug-likeness (QED) is 0.497. The maximum Gasteiger partial charge on any atom is 0.130 e. The van der Waals surface area contributed by atoms with Crippen molar-refractivity contribution in [2.24, 2.45) is 0 Å². The van der Waals surface area contributed by atoms with Crippen molar-refractivity contribution in [3.63, 3.8) is 0 Å². The van der Waals surface area contributed by atoms with Crippen molar-refractivity contribution in [3.8, 4) is 0 Å². The van der Waals surface area contributed by atoms with Crippen molar-refractivity contribution in [2.45, 2.75) is 65.1 Å². The number of ether oxygens (including phenoxy) is 1. The van der Waals surface area contributed by atoms with E-state index in [0.29, 0.717) is 12.5 Å². The molecule has 0 bridgehead atoms. The first-order valence-electron chi connectivity index (χ1n) is 5.74. The van der Waals surface area contributed by atoms with Crippen LogP contribution in [-0.2, 0) is 9.53 Å². The number of carbonyl (C=O) groups is 1. The summed E-state index contributed by atoms with van der Waals surface area (Å²) in [7, 11) is 0. The average molecular weight is 210 g/mol. The van der Waals surface area contributed by atoms with E-state index in [1.165, 1.54) is 5.57 Å². The fourth-order valence-electron chi connectivity index (χ4n) is 1.72. The van der Waals surface area contributed by atoms with Gasteiger partial charge in [0.25, 0.3) is 0 Å². The Morgan fingerprint density at radius 2 is 1.93 bits per heavy atom. The van der Waals surface area contributed by atoms with Crippen LogP contribution < -0.4 is 0 Å². The van der Waals surface area contributed by atoms with E-state index in [0.717, 1.165) is 19.3 Å². The van der Waals surface area contributed by atoms with Crippen LogP contribution in [0.3, 0.4) is 0 Å². The number of Topliss-reactive ketones (excluding diaryl/α,β-unsaturated/α-hetero) is 1. The zero-order valence-electron chi connectivity index (χ0n) is 10.3. The van der Waals surface area contributed by atoms with Gasteiger partial charge in [-0.25, -0.2) is 0 Å². The molecule has 0 aromatic rings. The lowest BCUT2D eigenvalue weighted by Crippen LogP contribution is -2.02. The molecule has 2 nitrogen and oxygen atoms in total. The molecule has 1 fully saturated rings. The van der Waals surface area contributed by atoms with Crippen LogP contribution in [0.4, 0.5) is 0 Å². The summed E-state index contributed by atoms with van der Waals surface area (Å²) in [4.78, 5) is 10.7. The van der Waals surface area contributed by atoms with Crippen LogP contribution in [0.15, 0.2) is 11.6 Å². The van der Waals surface area contributed by atoms with E-state index >= 15 is 0 Å². The summed E-state index contributed by atoms with van der Waals surface area (Å²) in [6.45, 7) is 8.04. The molecular weight excluding hydrogens is 188 g/mol. The Hall–Kier alpha value is -0.630. The van der Waals surface area contributed by atoms with Gasteiger partial charge in [-0.3, -0.25) is 0 Å². The summed E-state index contributed by atoms with van der Waals surface area (Å²) in [6.07, 6.45) is 6.37. The first kappa shape index (κ1) is 12.4. The number of carbonyl (C=O) groups excluding carboxylic acids is 1. The molecule has 1 rings (SSSR count). The van der Waals surface area contributed by atoms with Crippen LogP contribution in [0.5, 0.6) is 0 Å². The number of rotatable bonds is 6. The maximum absolute atomic E-state index is 10.7. The normalized spacial score (nSPS) is 24.0. The van der Waals surface area contributed by atoms with E-state index in [2.05, 4.69) is 26.8 Å². The second-order valence-corrected chi connectivity index (χ2v) is 5.04. The van der Waals surface area contributed by atoms with Crippen LogP contribution in [0.2, 0.25) is 0 Å². The van der Waals surface area contributed by atoms with Crippen molar-refractivity contribution in [2.75, 3.05) is 0 Å². The minimum absolute atomic E-state index is 0.111. The van der Waals surface area contributed by atoms with Gasteiger partial charge in [0.15, 0.2) is 0 Å². The topological polar surface area (TPSA) is 29.6 Å². The summed E-state index contributed by atoms with van der Waals surface area (Å²) in [5.41, 5.74) is 1.49. The Labute approximate surface area is 92.7 Å². The highest BCUT2D eigenvalue weighted by atomic mass is 16.6. The number of allylic oxidation sites excluding steroid dienone is 2. The van der Waals surface area contributed by atoms with Gasteiger partial charge in [-0.1, -0.05) is 11.6 Å². The number of epoxide rings is 1. The monoisotopic (exact) mass is 210 g/mol. The molecule has 0 amide bonds. The molecule has 1 aliphatic heterocycles. The lowest BCUT2D eigenvalue weighted by molar-refractivity contribution is -0.116. The fourth-order valence-corrected chi connectivity index (χ4v) is 1.72. The molecule has 0 N–H and O–H groups in total. The molecule has 2 heteroatoms. The second kappa shape index (κ2) is 4.93. The molecule has 1 aliphatic rings. The summed E-state index contributed by atoms with van der Waals surface area (Å²) < 4.78 is 5.52. The Morgan fingerprint density at radius 3 is 2.40 bits per heavy atom. The van der Waals surface area contributed by atoms with E-state index in [1.54, 1.807) is 6.92 Å². The van der Waals surface area contributed by atoms with Gasteiger partial charge in [0.2, 0.25) is 0 Å². The highest BCUT2D eigenvalue weighted by molar-refractivity contribution is 5.75. The molecule has 0 radical (unpaired) electrons. The molecule has 0 aliphatic carbocycles. The third-order valence-electron chi connectivity index (χ3n) is 2.95. The maximum atomic E-state index is 10.7. The summed E-state index contributed by atoms with van der Waals surface area (Å²) in [5, 5.41) is 0. The van der Waals surface area contributed by atoms with Gasteiger partial charge in [0.1, 0.15) is 5.78 Å². The second-order valence-electron chi connectivity index (χ2n) is 5.04. The first-order chi connectivity index (χ1) is 6.92. The van der Waals surface area contributed by atoms with E-state index in [1.807, 2.05) is 0 Å². The van der Waals surface area contributed by atoms with Crippen molar-refractivity contribution in [1.82, 2.24) is 0 Å². The van der Waals surface area contributed by atoms with E-state index in [4.69, 9.17) is 4.74 Å². The smallest absolute Gasteiger partial charge is 0.130 e. The summed E-state index contributed by atoms with van der Waals surface area (Å²) >= 11 is 0. The van der Waals surface area contributed by atoms with Gasteiger partial charge in [0.05, 0.1) is 11.7 Å². The summed E-state index contributed by atoms with van der Waals surface area (Å²) in [5.74, 6) is 0.269. The van der Waals surface area contributed by atoms with Gasteiger partial charge in [-0.2, -0.15) is 0 Å². The van der Waals surface area contributed by atoms with E-state index < -0.39 is 0 Å². The average Bonchev–Trinajstić information content (AvgIpc) is 2.70.